The van der Waals surface area contributed by atoms with E-state index in [2.05, 4.69) is 51.3 Å². The molecule has 1 unspecified atom stereocenters. The third-order valence-corrected chi connectivity index (χ3v) is 3.12. The summed E-state index contributed by atoms with van der Waals surface area (Å²) >= 11 is 0. The molecule has 1 atom stereocenters. The maximum absolute atomic E-state index is 6.13. The molecule has 0 saturated carbocycles. The first-order chi connectivity index (χ1) is 7.91. The Morgan fingerprint density at radius 3 is 2.12 bits per heavy atom. The van der Waals surface area contributed by atoms with Crippen molar-refractivity contribution in [3.05, 3.63) is 54.1 Å². The zero-order valence-electron chi connectivity index (χ0n) is 11.2. The molecule has 0 aromatic heterocycles. The smallest absolute Gasteiger partial charge is 0.0294 e. The molecular formula is C16H23N. The molecular weight excluding hydrogens is 206 g/mol. The first-order valence-corrected chi connectivity index (χ1v) is 6.11. The van der Waals surface area contributed by atoms with E-state index in [1.165, 1.54) is 11.1 Å². The largest absolute Gasteiger partial charge is 0.324 e. The van der Waals surface area contributed by atoms with Crippen LogP contribution < -0.4 is 5.73 Å². The fourth-order valence-corrected chi connectivity index (χ4v) is 1.74. The van der Waals surface area contributed by atoms with Crippen molar-refractivity contribution < 1.29 is 0 Å². The predicted molar refractivity (Wildman–Crippen MR) is 76.8 cm³/mol. The molecule has 0 bridgehead atoms. The van der Waals surface area contributed by atoms with Crippen LogP contribution in [-0.2, 0) is 6.42 Å². The van der Waals surface area contributed by atoms with Crippen LogP contribution in [0.15, 0.2) is 43.0 Å². The van der Waals surface area contributed by atoms with Crippen molar-refractivity contribution >= 4 is 5.57 Å². The van der Waals surface area contributed by atoms with Crippen LogP contribution in [-0.4, -0.2) is 6.04 Å². The maximum Gasteiger partial charge on any atom is 0.0294 e. The molecule has 17 heavy (non-hydrogen) atoms. The summed E-state index contributed by atoms with van der Waals surface area (Å²) in [5.74, 6) is 0.444. The van der Waals surface area contributed by atoms with Crippen molar-refractivity contribution in [3.63, 3.8) is 0 Å². The number of rotatable bonds is 5. The average Bonchev–Trinajstić information content (AvgIpc) is 2.28. The van der Waals surface area contributed by atoms with Crippen molar-refractivity contribution in [3.8, 4) is 0 Å². The summed E-state index contributed by atoms with van der Waals surface area (Å²) in [6.07, 6.45) is 0.855. The van der Waals surface area contributed by atoms with E-state index in [0.717, 1.165) is 17.6 Å². The SMILES string of the molecule is C=C(C)c1ccc(CC(N)C(=C)C(C)C)cc1. The van der Waals surface area contributed by atoms with E-state index in [9.17, 15) is 0 Å². The topological polar surface area (TPSA) is 26.0 Å². The summed E-state index contributed by atoms with van der Waals surface area (Å²) in [7, 11) is 0. The van der Waals surface area contributed by atoms with Crippen LogP contribution in [0.3, 0.4) is 0 Å². The lowest BCUT2D eigenvalue weighted by Gasteiger charge is -2.18. The van der Waals surface area contributed by atoms with E-state index >= 15 is 0 Å². The van der Waals surface area contributed by atoms with Gasteiger partial charge in [-0.3, -0.25) is 0 Å². The van der Waals surface area contributed by atoms with Crippen LogP contribution in [0.5, 0.6) is 0 Å². The Bertz CT molecular complexity index is 398. The molecule has 92 valence electrons. The Morgan fingerprint density at radius 1 is 1.18 bits per heavy atom. The van der Waals surface area contributed by atoms with Crippen LogP contribution in [0.4, 0.5) is 0 Å². The van der Waals surface area contributed by atoms with E-state index in [4.69, 9.17) is 5.73 Å². The van der Waals surface area contributed by atoms with Gasteiger partial charge < -0.3 is 5.73 Å². The van der Waals surface area contributed by atoms with Crippen LogP contribution in [0.25, 0.3) is 5.57 Å². The van der Waals surface area contributed by atoms with Crippen molar-refractivity contribution in [2.24, 2.45) is 11.7 Å². The summed E-state index contributed by atoms with van der Waals surface area (Å²) in [4.78, 5) is 0. The molecule has 1 aromatic carbocycles. The van der Waals surface area contributed by atoms with Gasteiger partial charge in [-0.25, -0.2) is 0 Å². The van der Waals surface area contributed by atoms with E-state index in [-0.39, 0.29) is 6.04 Å². The van der Waals surface area contributed by atoms with Gasteiger partial charge >= 0.3 is 0 Å². The molecule has 2 N–H and O–H groups in total. The van der Waals surface area contributed by atoms with Crippen LogP contribution >= 0.6 is 0 Å². The number of nitrogens with two attached hydrogens (primary N) is 1. The summed E-state index contributed by atoms with van der Waals surface area (Å²) in [5.41, 5.74) is 10.8. The van der Waals surface area contributed by atoms with Gasteiger partial charge in [-0.1, -0.05) is 62.4 Å². The Hall–Kier alpha value is -1.34. The van der Waals surface area contributed by atoms with Gasteiger partial charge in [0.05, 0.1) is 0 Å². The third kappa shape index (κ3) is 3.86. The van der Waals surface area contributed by atoms with Gasteiger partial charge in [0.25, 0.3) is 0 Å². The minimum absolute atomic E-state index is 0.0469. The van der Waals surface area contributed by atoms with Gasteiger partial charge in [0.15, 0.2) is 0 Å². The Kier molecular flexibility index (Phi) is 4.71. The highest BCUT2D eigenvalue weighted by Crippen LogP contribution is 2.17. The second-order valence-electron chi connectivity index (χ2n) is 5.02. The molecule has 0 amide bonds. The zero-order valence-corrected chi connectivity index (χ0v) is 11.2. The standard InChI is InChI=1S/C16H23N/c1-11(2)13(5)16(17)10-14-6-8-15(9-7-14)12(3)4/h6-9,11,16H,3,5,10,17H2,1-2,4H3. The lowest BCUT2D eigenvalue weighted by Crippen LogP contribution is -2.27. The lowest BCUT2D eigenvalue weighted by molar-refractivity contribution is 0.642. The van der Waals surface area contributed by atoms with Gasteiger partial charge in [0, 0.05) is 6.04 Å². The van der Waals surface area contributed by atoms with Crippen molar-refractivity contribution in [2.75, 3.05) is 0 Å². The van der Waals surface area contributed by atoms with Crippen molar-refractivity contribution in [1.29, 1.82) is 0 Å². The van der Waals surface area contributed by atoms with E-state index in [0.29, 0.717) is 5.92 Å². The summed E-state index contributed by atoms with van der Waals surface area (Å²) < 4.78 is 0. The van der Waals surface area contributed by atoms with Crippen molar-refractivity contribution in [2.45, 2.75) is 33.2 Å². The molecule has 0 spiro atoms. The first-order valence-electron chi connectivity index (χ1n) is 6.11. The molecule has 1 nitrogen and oxygen atoms in total. The van der Waals surface area contributed by atoms with Gasteiger partial charge in [0.2, 0.25) is 0 Å². The van der Waals surface area contributed by atoms with Gasteiger partial charge in [-0.2, -0.15) is 0 Å². The second kappa shape index (κ2) is 5.83. The lowest BCUT2D eigenvalue weighted by atomic mass is 9.93. The van der Waals surface area contributed by atoms with Crippen LogP contribution in [0, 0.1) is 5.92 Å². The molecule has 0 aliphatic heterocycles. The Balaban J connectivity index is 2.69. The number of hydrogen-bond acceptors (Lipinski definition) is 1. The number of allylic oxidation sites excluding steroid dienone is 1. The maximum atomic E-state index is 6.13. The summed E-state index contributed by atoms with van der Waals surface area (Å²) in [6, 6.07) is 8.49. The molecule has 0 fully saturated rings. The highest BCUT2D eigenvalue weighted by atomic mass is 14.6. The Morgan fingerprint density at radius 2 is 1.71 bits per heavy atom. The van der Waals surface area contributed by atoms with Crippen LogP contribution in [0.2, 0.25) is 0 Å². The Labute approximate surface area is 105 Å². The van der Waals surface area contributed by atoms with E-state index in [1.54, 1.807) is 0 Å². The van der Waals surface area contributed by atoms with Gasteiger partial charge in [-0.05, 0) is 30.4 Å². The quantitative estimate of drug-likeness (QED) is 0.764. The van der Waals surface area contributed by atoms with Crippen LogP contribution in [0.1, 0.15) is 31.9 Å². The summed E-state index contributed by atoms with van der Waals surface area (Å²) in [6.45, 7) is 14.3. The summed E-state index contributed by atoms with van der Waals surface area (Å²) in [5, 5.41) is 0. The molecule has 1 aromatic rings. The molecule has 0 aliphatic rings. The monoisotopic (exact) mass is 229 g/mol. The molecule has 0 saturated heterocycles. The molecule has 1 rings (SSSR count). The minimum Gasteiger partial charge on any atom is -0.324 e. The second-order valence-corrected chi connectivity index (χ2v) is 5.02. The fourth-order valence-electron chi connectivity index (χ4n) is 1.74. The highest BCUT2D eigenvalue weighted by Gasteiger charge is 2.11. The molecule has 0 radical (unpaired) electrons. The normalized spacial score (nSPS) is 12.5. The minimum atomic E-state index is 0.0469. The van der Waals surface area contributed by atoms with E-state index < -0.39 is 0 Å². The average molecular weight is 229 g/mol. The van der Waals surface area contributed by atoms with Gasteiger partial charge in [-0.15, -0.1) is 0 Å². The van der Waals surface area contributed by atoms with Crippen molar-refractivity contribution in [1.82, 2.24) is 0 Å². The highest BCUT2D eigenvalue weighted by molar-refractivity contribution is 5.61. The zero-order chi connectivity index (χ0) is 13.0. The third-order valence-electron chi connectivity index (χ3n) is 3.12. The fraction of sp³-hybridized carbons (Fsp3) is 0.375. The first kappa shape index (κ1) is 13.7. The van der Waals surface area contributed by atoms with E-state index in [1.807, 2.05) is 6.92 Å². The molecule has 1 heteroatoms. The van der Waals surface area contributed by atoms with Gasteiger partial charge in [0.1, 0.15) is 0 Å². The predicted octanol–water partition coefficient (Wildman–Crippen LogP) is 3.80. The molecule has 0 heterocycles. The number of benzene rings is 1. The molecule has 0 aliphatic carbocycles. The number of hydrogen-bond donors (Lipinski definition) is 1.